The first-order valence-electron chi connectivity index (χ1n) is 4.64. The predicted molar refractivity (Wildman–Crippen MR) is 59.0 cm³/mol. The molecule has 0 amide bonds. The van der Waals surface area contributed by atoms with Gasteiger partial charge in [-0.1, -0.05) is 6.07 Å². The summed E-state index contributed by atoms with van der Waals surface area (Å²) in [6.45, 7) is 3.98. The summed E-state index contributed by atoms with van der Waals surface area (Å²) in [6, 6.07) is 5.88. The summed E-state index contributed by atoms with van der Waals surface area (Å²) in [5.41, 5.74) is 1.01. The van der Waals surface area contributed by atoms with Gasteiger partial charge in [-0.05, 0) is 19.1 Å². The van der Waals surface area contributed by atoms with Gasteiger partial charge in [0, 0.05) is 18.1 Å². The number of hydrogen-bond acceptors (Lipinski definition) is 3. The van der Waals surface area contributed by atoms with Crippen LogP contribution in [0.3, 0.4) is 0 Å². The molecular weight excluding hydrogens is 200 g/mol. The minimum Gasteiger partial charge on any atom is -0.378 e. The van der Waals surface area contributed by atoms with Crippen LogP contribution in [0.25, 0.3) is 0 Å². The van der Waals surface area contributed by atoms with Crippen LogP contribution in [0.1, 0.15) is 5.69 Å². The highest BCUT2D eigenvalue weighted by Gasteiger charge is 1.92. The highest BCUT2D eigenvalue weighted by atomic mass is 35.5. The Labute approximate surface area is 89.4 Å². The van der Waals surface area contributed by atoms with E-state index in [-0.39, 0.29) is 0 Å². The number of halogens is 1. The zero-order chi connectivity index (χ0) is 10.2. The molecule has 0 unspecified atom stereocenters. The fourth-order valence-electron chi connectivity index (χ4n) is 1.05. The van der Waals surface area contributed by atoms with Crippen LogP contribution in [0.2, 0.25) is 0 Å². The lowest BCUT2D eigenvalue weighted by atomic mass is 10.4. The standard InChI is InChI=1S/C10H15ClN2O/c1-9-3-2-4-10(13-9)12-6-8-14-7-5-11/h2-4H,5-8H2,1H3,(H,12,13). The number of rotatable bonds is 6. The van der Waals surface area contributed by atoms with Gasteiger partial charge in [-0.3, -0.25) is 0 Å². The lowest BCUT2D eigenvalue weighted by molar-refractivity contribution is 0.160. The van der Waals surface area contributed by atoms with Crippen molar-refractivity contribution >= 4 is 17.4 Å². The molecule has 78 valence electrons. The molecule has 1 rings (SSSR count). The van der Waals surface area contributed by atoms with Crippen LogP contribution in [0.4, 0.5) is 5.82 Å². The summed E-state index contributed by atoms with van der Waals surface area (Å²) in [7, 11) is 0. The van der Waals surface area contributed by atoms with Crippen molar-refractivity contribution < 1.29 is 4.74 Å². The Balaban J connectivity index is 2.18. The number of alkyl halides is 1. The van der Waals surface area contributed by atoms with Crippen LogP contribution < -0.4 is 5.32 Å². The molecule has 0 aromatic carbocycles. The summed E-state index contributed by atoms with van der Waals surface area (Å²) >= 11 is 5.46. The van der Waals surface area contributed by atoms with E-state index in [9.17, 15) is 0 Å². The zero-order valence-corrected chi connectivity index (χ0v) is 9.05. The Kier molecular flexibility index (Phi) is 5.33. The van der Waals surface area contributed by atoms with E-state index in [1.54, 1.807) is 0 Å². The Morgan fingerprint density at radius 1 is 1.43 bits per heavy atom. The van der Waals surface area contributed by atoms with Gasteiger partial charge < -0.3 is 10.1 Å². The molecule has 1 aromatic heterocycles. The van der Waals surface area contributed by atoms with Gasteiger partial charge in [0.05, 0.1) is 13.2 Å². The molecule has 0 saturated heterocycles. The van der Waals surface area contributed by atoms with Gasteiger partial charge in [0.2, 0.25) is 0 Å². The molecule has 0 aliphatic rings. The first-order chi connectivity index (χ1) is 6.83. The number of hydrogen-bond donors (Lipinski definition) is 1. The molecule has 1 N–H and O–H groups in total. The van der Waals surface area contributed by atoms with Crippen molar-refractivity contribution in [3.05, 3.63) is 23.9 Å². The first kappa shape index (κ1) is 11.3. The highest BCUT2D eigenvalue weighted by molar-refractivity contribution is 6.17. The van der Waals surface area contributed by atoms with E-state index < -0.39 is 0 Å². The third kappa shape index (κ3) is 4.44. The SMILES string of the molecule is Cc1cccc(NCCOCCCl)n1. The van der Waals surface area contributed by atoms with Gasteiger partial charge in [-0.25, -0.2) is 4.98 Å². The van der Waals surface area contributed by atoms with Gasteiger partial charge >= 0.3 is 0 Å². The molecule has 0 aliphatic heterocycles. The quantitative estimate of drug-likeness (QED) is 0.582. The fraction of sp³-hybridized carbons (Fsp3) is 0.500. The van der Waals surface area contributed by atoms with Crippen LogP contribution in [-0.4, -0.2) is 30.6 Å². The second-order valence-corrected chi connectivity index (χ2v) is 3.27. The van der Waals surface area contributed by atoms with E-state index in [2.05, 4.69) is 10.3 Å². The maximum atomic E-state index is 5.46. The summed E-state index contributed by atoms with van der Waals surface area (Å²) in [6.07, 6.45) is 0. The smallest absolute Gasteiger partial charge is 0.126 e. The largest absolute Gasteiger partial charge is 0.378 e. The van der Waals surface area contributed by atoms with Crippen LogP contribution in [0.5, 0.6) is 0 Å². The van der Waals surface area contributed by atoms with Gasteiger partial charge in [0.25, 0.3) is 0 Å². The van der Waals surface area contributed by atoms with E-state index >= 15 is 0 Å². The molecule has 0 aliphatic carbocycles. The van der Waals surface area contributed by atoms with Crippen molar-refractivity contribution in [3.8, 4) is 0 Å². The van der Waals surface area contributed by atoms with Crippen LogP contribution in [0, 0.1) is 6.92 Å². The molecule has 0 radical (unpaired) electrons. The van der Waals surface area contributed by atoms with Gasteiger partial charge in [0.15, 0.2) is 0 Å². The van der Waals surface area contributed by atoms with E-state index in [4.69, 9.17) is 16.3 Å². The molecule has 3 nitrogen and oxygen atoms in total. The molecular formula is C10H15ClN2O. The number of pyridine rings is 1. The molecule has 0 fully saturated rings. The average molecular weight is 215 g/mol. The third-order valence-electron chi connectivity index (χ3n) is 1.66. The molecule has 0 saturated carbocycles. The predicted octanol–water partition coefficient (Wildman–Crippen LogP) is 2.06. The van der Waals surface area contributed by atoms with Gasteiger partial charge in [-0.2, -0.15) is 0 Å². The average Bonchev–Trinajstić information content (AvgIpc) is 2.18. The lowest BCUT2D eigenvalue weighted by Gasteiger charge is -2.05. The minimum atomic E-state index is 0.544. The third-order valence-corrected chi connectivity index (χ3v) is 1.82. The summed E-state index contributed by atoms with van der Waals surface area (Å²) in [5, 5.41) is 3.17. The van der Waals surface area contributed by atoms with Crippen molar-refractivity contribution in [2.24, 2.45) is 0 Å². The number of ether oxygens (including phenoxy) is 1. The van der Waals surface area contributed by atoms with Crippen LogP contribution in [0.15, 0.2) is 18.2 Å². The number of aryl methyl sites for hydroxylation is 1. The molecule has 0 atom stereocenters. The Hall–Kier alpha value is -0.800. The van der Waals surface area contributed by atoms with E-state index in [1.165, 1.54) is 0 Å². The summed E-state index contributed by atoms with van der Waals surface area (Å²) in [4.78, 5) is 4.30. The second kappa shape index (κ2) is 6.62. The topological polar surface area (TPSA) is 34.1 Å². The number of anilines is 1. The molecule has 4 heteroatoms. The van der Waals surface area contributed by atoms with E-state index in [0.29, 0.717) is 19.1 Å². The molecule has 1 heterocycles. The van der Waals surface area contributed by atoms with E-state index in [0.717, 1.165) is 18.1 Å². The number of nitrogens with zero attached hydrogens (tertiary/aromatic N) is 1. The normalized spacial score (nSPS) is 10.1. The van der Waals surface area contributed by atoms with Crippen LogP contribution in [-0.2, 0) is 4.74 Å². The minimum absolute atomic E-state index is 0.544. The van der Waals surface area contributed by atoms with Crippen molar-refractivity contribution in [1.29, 1.82) is 0 Å². The number of aromatic nitrogens is 1. The molecule has 0 bridgehead atoms. The molecule has 1 aromatic rings. The van der Waals surface area contributed by atoms with Gasteiger partial charge in [0.1, 0.15) is 5.82 Å². The molecule has 0 spiro atoms. The van der Waals surface area contributed by atoms with Crippen molar-refractivity contribution in [1.82, 2.24) is 4.98 Å². The van der Waals surface area contributed by atoms with E-state index in [1.807, 2.05) is 25.1 Å². The first-order valence-corrected chi connectivity index (χ1v) is 5.17. The van der Waals surface area contributed by atoms with Crippen molar-refractivity contribution in [2.75, 3.05) is 31.0 Å². The summed E-state index contributed by atoms with van der Waals surface area (Å²) in [5.74, 6) is 1.43. The Morgan fingerprint density at radius 3 is 3.00 bits per heavy atom. The lowest BCUT2D eigenvalue weighted by Crippen LogP contribution is -2.11. The van der Waals surface area contributed by atoms with Crippen LogP contribution >= 0.6 is 11.6 Å². The van der Waals surface area contributed by atoms with Crippen molar-refractivity contribution in [3.63, 3.8) is 0 Å². The Bertz CT molecular complexity index is 268. The zero-order valence-electron chi connectivity index (χ0n) is 8.29. The maximum absolute atomic E-state index is 5.46. The van der Waals surface area contributed by atoms with Gasteiger partial charge in [-0.15, -0.1) is 11.6 Å². The van der Waals surface area contributed by atoms with Crippen molar-refractivity contribution in [2.45, 2.75) is 6.92 Å². The Morgan fingerprint density at radius 2 is 2.29 bits per heavy atom. The second-order valence-electron chi connectivity index (χ2n) is 2.89. The monoisotopic (exact) mass is 214 g/mol. The molecule has 14 heavy (non-hydrogen) atoms. The fourth-order valence-corrected chi connectivity index (χ4v) is 1.16. The number of nitrogens with one attached hydrogen (secondary N) is 1. The highest BCUT2D eigenvalue weighted by Crippen LogP contribution is 2.02. The summed E-state index contributed by atoms with van der Waals surface area (Å²) < 4.78 is 5.21. The maximum Gasteiger partial charge on any atom is 0.126 e.